The van der Waals surface area contributed by atoms with Crippen molar-refractivity contribution in [1.82, 2.24) is 15.1 Å². The van der Waals surface area contributed by atoms with E-state index in [1.807, 2.05) is 37.3 Å². The van der Waals surface area contributed by atoms with Crippen LogP contribution in [0.25, 0.3) is 33.9 Å². The normalized spacial score (nSPS) is 11.1. The summed E-state index contributed by atoms with van der Waals surface area (Å²) >= 11 is 0. The molecule has 0 aliphatic heterocycles. The summed E-state index contributed by atoms with van der Waals surface area (Å²) in [5.74, 6) is 1.46. The highest BCUT2D eigenvalue weighted by Gasteiger charge is 2.15. The molecule has 0 unspecified atom stereocenters. The molecular weight excluding hydrogens is 266 g/mol. The smallest absolute Gasteiger partial charge is 0.293 e. The van der Waals surface area contributed by atoms with Crippen LogP contribution in [-0.4, -0.2) is 15.1 Å². The summed E-state index contributed by atoms with van der Waals surface area (Å²) in [5, 5.41) is 5.06. The monoisotopic (exact) mass is 277 g/mol. The number of furan rings is 1. The molecular formula is C16H11N3O2. The second-order valence-electron chi connectivity index (χ2n) is 4.73. The number of rotatable bonds is 2. The largest absolute Gasteiger partial charge is 0.459 e. The van der Waals surface area contributed by atoms with Gasteiger partial charge in [0.2, 0.25) is 5.82 Å². The van der Waals surface area contributed by atoms with E-state index in [1.54, 1.807) is 18.4 Å². The van der Waals surface area contributed by atoms with Crippen LogP contribution in [0.5, 0.6) is 0 Å². The topological polar surface area (TPSA) is 65.0 Å². The summed E-state index contributed by atoms with van der Waals surface area (Å²) in [6.45, 7) is 1.95. The summed E-state index contributed by atoms with van der Waals surface area (Å²) in [6, 6.07) is 13.4. The Morgan fingerprint density at radius 3 is 2.76 bits per heavy atom. The summed E-state index contributed by atoms with van der Waals surface area (Å²) in [5.41, 5.74) is 2.73. The molecule has 0 N–H and O–H groups in total. The average molecular weight is 277 g/mol. The molecule has 5 heteroatoms. The maximum absolute atomic E-state index is 5.28. The van der Waals surface area contributed by atoms with Crippen LogP contribution in [0.3, 0.4) is 0 Å². The zero-order valence-electron chi connectivity index (χ0n) is 11.3. The van der Waals surface area contributed by atoms with Gasteiger partial charge in [0.25, 0.3) is 5.89 Å². The lowest BCUT2D eigenvalue weighted by atomic mass is 10.1. The van der Waals surface area contributed by atoms with Gasteiger partial charge >= 0.3 is 0 Å². The molecule has 0 aliphatic carbocycles. The van der Waals surface area contributed by atoms with E-state index in [0.29, 0.717) is 17.5 Å². The Morgan fingerprint density at radius 1 is 1.00 bits per heavy atom. The number of aromatic nitrogens is 3. The quantitative estimate of drug-likeness (QED) is 0.556. The molecule has 4 rings (SSSR count). The van der Waals surface area contributed by atoms with Crippen LogP contribution in [0.1, 0.15) is 5.69 Å². The average Bonchev–Trinajstić information content (AvgIpc) is 3.17. The minimum absolute atomic E-state index is 0.369. The van der Waals surface area contributed by atoms with Gasteiger partial charge in [0.05, 0.1) is 11.8 Å². The van der Waals surface area contributed by atoms with E-state index in [0.717, 1.165) is 22.2 Å². The van der Waals surface area contributed by atoms with Crippen molar-refractivity contribution in [3.63, 3.8) is 0 Å². The summed E-state index contributed by atoms with van der Waals surface area (Å²) < 4.78 is 10.5. The van der Waals surface area contributed by atoms with Crippen molar-refractivity contribution in [3.05, 3.63) is 54.4 Å². The Balaban J connectivity index is 1.91. The second-order valence-corrected chi connectivity index (χ2v) is 4.73. The molecule has 0 bridgehead atoms. The van der Waals surface area contributed by atoms with Crippen molar-refractivity contribution in [1.29, 1.82) is 0 Å². The molecule has 0 saturated carbocycles. The van der Waals surface area contributed by atoms with Crippen molar-refractivity contribution in [2.45, 2.75) is 6.92 Å². The van der Waals surface area contributed by atoms with Gasteiger partial charge in [0, 0.05) is 16.6 Å². The highest BCUT2D eigenvalue weighted by molar-refractivity contribution is 5.92. The number of pyridine rings is 1. The van der Waals surface area contributed by atoms with Crippen LogP contribution < -0.4 is 0 Å². The Hall–Kier alpha value is -2.95. The molecule has 102 valence electrons. The SMILES string of the molecule is Cc1cc(-c2noc(-c3ccco3)n2)c2ccccc2n1. The van der Waals surface area contributed by atoms with Gasteiger partial charge < -0.3 is 8.94 Å². The zero-order valence-corrected chi connectivity index (χ0v) is 11.3. The van der Waals surface area contributed by atoms with Crippen LogP contribution in [-0.2, 0) is 0 Å². The molecule has 3 aromatic heterocycles. The maximum Gasteiger partial charge on any atom is 0.293 e. The summed E-state index contributed by atoms with van der Waals surface area (Å²) in [7, 11) is 0. The standard InChI is InChI=1S/C16H11N3O2/c1-10-9-12(11-5-2-3-6-13(11)17-10)15-18-16(21-19-15)14-7-4-8-20-14/h2-9H,1H3. The van der Waals surface area contributed by atoms with Crippen molar-refractivity contribution < 1.29 is 8.94 Å². The van der Waals surface area contributed by atoms with Crippen LogP contribution >= 0.6 is 0 Å². The lowest BCUT2D eigenvalue weighted by molar-refractivity contribution is 0.417. The van der Waals surface area contributed by atoms with Crippen LogP contribution in [0, 0.1) is 6.92 Å². The van der Waals surface area contributed by atoms with E-state index in [1.165, 1.54) is 0 Å². The molecule has 3 heterocycles. The lowest BCUT2D eigenvalue weighted by Crippen LogP contribution is -1.89. The fourth-order valence-corrected chi connectivity index (χ4v) is 2.33. The predicted molar refractivity (Wildman–Crippen MR) is 77.5 cm³/mol. The number of fused-ring (bicyclic) bond motifs is 1. The van der Waals surface area contributed by atoms with Crippen molar-refractivity contribution >= 4 is 10.9 Å². The Morgan fingerprint density at radius 2 is 1.90 bits per heavy atom. The van der Waals surface area contributed by atoms with E-state index >= 15 is 0 Å². The maximum atomic E-state index is 5.28. The molecule has 0 amide bonds. The van der Waals surface area contributed by atoms with Crippen molar-refractivity contribution in [2.75, 3.05) is 0 Å². The van der Waals surface area contributed by atoms with Gasteiger partial charge in [-0.3, -0.25) is 4.98 Å². The Bertz CT molecular complexity index is 910. The van der Waals surface area contributed by atoms with Gasteiger partial charge in [0.15, 0.2) is 5.76 Å². The predicted octanol–water partition coefficient (Wildman–Crippen LogP) is 3.85. The fourth-order valence-electron chi connectivity index (χ4n) is 2.33. The van der Waals surface area contributed by atoms with E-state index in [-0.39, 0.29) is 0 Å². The van der Waals surface area contributed by atoms with Gasteiger partial charge in [-0.1, -0.05) is 23.4 Å². The van der Waals surface area contributed by atoms with Gasteiger partial charge in [-0.2, -0.15) is 4.98 Å². The third-order valence-electron chi connectivity index (χ3n) is 3.24. The first-order chi connectivity index (χ1) is 10.3. The minimum Gasteiger partial charge on any atom is -0.459 e. The fraction of sp³-hybridized carbons (Fsp3) is 0.0625. The van der Waals surface area contributed by atoms with Crippen molar-refractivity contribution in [3.8, 4) is 23.0 Å². The highest BCUT2D eigenvalue weighted by Crippen LogP contribution is 2.28. The Kier molecular flexibility index (Phi) is 2.57. The molecule has 0 radical (unpaired) electrons. The molecule has 21 heavy (non-hydrogen) atoms. The minimum atomic E-state index is 0.369. The van der Waals surface area contributed by atoms with Gasteiger partial charge in [-0.25, -0.2) is 0 Å². The number of hydrogen-bond acceptors (Lipinski definition) is 5. The summed E-state index contributed by atoms with van der Waals surface area (Å²) in [4.78, 5) is 8.93. The molecule has 0 atom stereocenters. The van der Waals surface area contributed by atoms with Gasteiger partial charge in [-0.15, -0.1) is 0 Å². The number of hydrogen-bond donors (Lipinski definition) is 0. The highest BCUT2D eigenvalue weighted by atomic mass is 16.5. The van der Waals surface area contributed by atoms with E-state index in [9.17, 15) is 0 Å². The molecule has 5 nitrogen and oxygen atoms in total. The molecule has 0 spiro atoms. The summed E-state index contributed by atoms with van der Waals surface area (Å²) in [6.07, 6.45) is 1.57. The van der Waals surface area contributed by atoms with Crippen LogP contribution in [0.15, 0.2) is 57.7 Å². The first-order valence-electron chi connectivity index (χ1n) is 6.55. The molecule has 0 saturated heterocycles. The molecule has 1 aromatic carbocycles. The third-order valence-corrected chi connectivity index (χ3v) is 3.24. The number of nitrogens with zero attached hydrogens (tertiary/aromatic N) is 3. The third kappa shape index (κ3) is 1.99. The van der Waals surface area contributed by atoms with Crippen LogP contribution in [0.4, 0.5) is 0 Å². The zero-order chi connectivity index (χ0) is 14.2. The van der Waals surface area contributed by atoms with Crippen molar-refractivity contribution in [2.24, 2.45) is 0 Å². The lowest BCUT2D eigenvalue weighted by Gasteiger charge is -2.03. The number of aryl methyl sites for hydroxylation is 1. The second kappa shape index (κ2) is 4.56. The van der Waals surface area contributed by atoms with E-state index < -0.39 is 0 Å². The number of benzene rings is 1. The van der Waals surface area contributed by atoms with Crippen LogP contribution in [0.2, 0.25) is 0 Å². The van der Waals surface area contributed by atoms with Gasteiger partial charge in [-0.05, 0) is 31.2 Å². The molecule has 4 aromatic rings. The molecule has 0 fully saturated rings. The Labute approximate surface area is 120 Å². The number of para-hydroxylation sites is 1. The first-order valence-corrected chi connectivity index (χ1v) is 6.55. The first kappa shape index (κ1) is 11.8. The van der Waals surface area contributed by atoms with E-state index in [2.05, 4.69) is 15.1 Å². The van der Waals surface area contributed by atoms with E-state index in [4.69, 9.17) is 8.94 Å². The molecule has 0 aliphatic rings. The van der Waals surface area contributed by atoms with Gasteiger partial charge in [0.1, 0.15) is 0 Å².